The number of nitrogens with two attached hydrogens (primary N) is 1. The molecule has 42 heavy (non-hydrogen) atoms. The zero-order valence-corrected chi connectivity index (χ0v) is 22.9. The molecule has 4 N–H and O–H groups in total. The van der Waals surface area contributed by atoms with E-state index in [2.05, 4.69) is 15.3 Å². The van der Waals surface area contributed by atoms with Gasteiger partial charge in [0.15, 0.2) is 11.7 Å². The fraction of sp³-hybridized carbons (Fsp3) is 0.258. The van der Waals surface area contributed by atoms with Crippen molar-refractivity contribution in [2.24, 2.45) is 13.0 Å². The van der Waals surface area contributed by atoms with Crippen LogP contribution in [0.4, 0.5) is 20.3 Å². The van der Waals surface area contributed by atoms with Crippen molar-refractivity contribution < 1.29 is 18.6 Å². The lowest BCUT2D eigenvalue weighted by Gasteiger charge is -2.24. The summed E-state index contributed by atoms with van der Waals surface area (Å²) in [7, 11) is 1.82. The van der Waals surface area contributed by atoms with Crippen molar-refractivity contribution in [1.82, 2.24) is 19.1 Å². The molecule has 1 atom stereocenters. The van der Waals surface area contributed by atoms with Crippen LogP contribution >= 0.6 is 0 Å². The predicted octanol–water partition coefficient (Wildman–Crippen LogP) is 4.85. The third kappa shape index (κ3) is 5.36. The summed E-state index contributed by atoms with van der Waals surface area (Å²) in [5.74, 6) is -0.432. The number of nitrogens with zero attached hydrogens (tertiary/aromatic N) is 4. The molecule has 1 saturated heterocycles. The Morgan fingerprint density at radius 2 is 1.79 bits per heavy atom. The molecular formula is C31H30F2N6O3. The highest BCUT2D eigenvalue weighted by Gasteiger charge is 2.21. The topological polar surface area (TPSA) is 120 Å². The van der Waals surface area contributed by atoms with Gasteiger partial charge >= 0.3 is 0 Å². The summed E-state index contributed by atoms with van der Waals surface area (Å²) in [6.07, 6.45) is 6.72. The number of anilines is 2. The Balaban J connectivity index is 1.33. The zero-order valence-electron chi connectivity index (χ0n) is 22.9. The van der Waals surface area contributed by atoms with Gasteiger partial charge in [0.05, 0.1) is 16.6 Å². The summed E-state index contributed by atoms with van der Waals surface area (Å²) in [6, 6.07) is 10.1. The Morgan fingerprint density at radius 3 is 2.52 bits per heavy atom. The quantitative estimate of drug-likeness (QED) is 0.239. The molecule has 11 heteroatoms. The van der Waals surface area contributed by atoms with E-state index in [1.54, 1.807) is 29.2 Å². The smallest absolute Gasteiger partial charge is 0.197 e. The number of pyridine rings is 1. The van der Waals surface area contributed by atoms with Crippen LogP contribution in [0.5, 0.6) is 0 Å². The Hall–Kier alpha value is -4.61. The van der Waals surface area contributed by atoms with Crippen molar-refractivity contribution in [3.8, 4) is 22.3 Å². The van der Waals surface area contributed by atoms with Gasteiger partial charge in [-0.25, -0.2) is 18.7 Å². The van der Waals surface area contributed by atoms with Crippen LogP contribution in [-0.4, -0.2) is 37.4 Å². The largest absolute Gasteiger partial charge is 0.383 e. The van der Waals surface area contributed by atoms with E-state index < -0.39 is 23.3 Å². The minimum atomic E-state index is -1.51. The predicted molar refractivity (Wildman–Crippen MR) is 157 cm³/mol. The number of ether oxygens (including phenoxy) is 1. The van der Waals surface area contributed by atoms with E-state index in [0.29, 0.717) is 59.0 Å². The Kier molecular flexibility index (Phi) is 7.44. The number of rotatable bonds is 7. The maximum atomic E-state index is 15.4. The van der Waals surface area contributed by atoms with Crippen molar-refractivity contribution >= 4 is 22.5 Å². The highest BCUT2D eigenvalue weighted by Crippen LogP contribution is 2.34. The van der Waals surface area contributed by atoms with Gasteiger partial charge in [0.1, 0.15) is 29.4 Å². The Labute approximate surface area is 240 Å². The molecule has 1 aliphatic heterocycles. The van der Waals surface area contributed by atoms with Crippen LogP contribution in [0, 0.1) is 17.6 Å². The fourth-order valence-corrected chi connectivity index (χ4v) is 5.50. The molecule has 1 aliphatic rings. The number of nitrogens with one attached hydrogen (secondary N) is 1. The van der Waals surface area contributed by atoms with E-state index >= 15 is 4.39 Å². The second-order valence-corrected chi connectivity index (χ2v) is 10.6. The second kappa shape index (κ2) is 11.3. The summed E-state index contributed by atoms with van der Waals surface area (Å²) >= 11 is 0. The minimum absolute atomic E-state index is 0.0123. The third-order valence-electron chi connectivity index (χ3n) is 7.72. The van der Waals surface area contributed by atoms with Crippen LogP contribution in [-0.2, 0) is 18.3 Å². The lowest BCUT2D eigenvalue weighted by molar-refractivity contribution is 0.0611. The van der Waals surface area contributed by atoms with Crippen LogP contribution < -0.4 is 16.5 Å². The Morgan fingerprint density at radius 1 is 1.05 bits per heavy atom. The molecule has 216 valence electrons. The number of aryl methyl sites for hydroxylation is 1. The molecule has 0 spiro atoms. The number of aromatic nitrogens is 4. The van der Waals surface area contributed by atoms with Gasteiger partial charge in [0, 0.05) is 56.5 Å². The highest BCUT2D eigenvalue weighted by atomic mass is 19.1. The van der Waals surface area contributed by atoms with Crippen molar-refractivity contribution in [2.45, 2.75) is 25.6 Å². The van der Waals surface area contributed by atoms with Gasteiger partial charge in [-0.15, -0.1) is 0 Å². The maximum Gasteiger partial charge on any atom is 0.197 e. The highest BCUT2D eigenvalue weighted by molar-refractivity contribution is 6.00. The summed E-state index contributed by atoms with van der Waals surface area (Å²) in [5.41, 5.74) is 8.38. The molecule has 1 fully saturated rings. The second-order valence-electron chi connectivity index (χ2n) is 10.6. The number of aliphatic hydroxyl groups excluding tert-OH is 1. The first-order chi connectivity index (χ1) is 20.3. The molecule has 1 unspecified atom stereocenters. The number of hydrogen-bond acceptors (Lipinski definition) is 7. The lowest BCUT2D eigenvalue weighted by Crippen LogP contribution is -2.25. The molecule has 2 aromatic carbocycles. The first kappa shape index (κ1) is 27.6. The van der Waals surface area contributed by atoms with E-state index in [1.165, 1.54) is 42.7 Å². The van der Waals surface area contributed by atoms with Crippen LogP contribution in [0.15, 0.2) is 72.2 Å². The molecule has 0 amide bonds. The number of hydrogen-bond donors (Lipinski definition) is 3. The monoisotopic (exact) mass is 572 g/mol. The first-order valence-electron chi connectivity index (χ1n) is 13.7. The number of aliphatic hydroxyl groups is 1. The minimum Gasteiger partial charge on any atom is -0.383 e. The van der Waals surface area contributed by atoms with E-state index in [-0.39, 0.29) is 17.1 Å². The lowest BCUT2D eigenvalue weighted by atomic mass is 9.99. The molecule has 0 aliphatic carbocycles. The van der Waals surface area contributed by atoms with Gasteiger partial charge in [0.25, 0.3) is 0 Å². The summed E-state index contributed by atoms with van der Waals surface area (Å²) in [4.78, 5) is 21.9. The molecule has 4 heterocycles. The maximum absolute atomic E-state index is 15.4. The standard InChI is InChI=1S/C31H30F2N6O3/c1-38-14-22(27-29(34)35-17-36-30(27)38)20-4-7-26(25(33)12-20)37-31(41)24-16-39(13-18-8-10-42-11-9-18)15-23(28(24)40)19-2-5-21(32)6-3-19/h2-7,12,14-18,31,37,41H,8-11,13H2,1H3,(H2,34,35,36). The summed E-state index contributed by atoms with van der Waals surface area (Å²) in [6.45, 7) is 1.94. The number of nitrogen functional groups attached to an aromatic ring is 1. The van der Waals surface area contributed by atoms with E-state index in [4.69, 9.17) is 10.5 Å². The summed E-state index contributed by atoms with van der Waals surface area (Å²) < 4.78 is 38.2. The van der Waals surface area contributed by atoms with Crippen molar-refractivity contribution in [3.05, 3.63) is 94.8 Å². The average Bonchev–Trinajstić information content (AvgIpc) is 3.33. The molecule has 5 aromatic rings. The molecule has 0 bridgehead atoms. The van der Waals surface area contributed by atoms with Crippen molar-refractivity contribution in [2.75, 3.05) is 24.3 Å². The van der Waals surface area contributed by atoms with Gasteiger partial charge in [-0.3, -0.25) is 4.79 Å². The van der Waals surface area contributed by atoms with Gasteiger partial charge < -0.3 is 30.0 Å². The zero-order chi connectivity index (χ0) is 29.4. The van der Waals surface area contributed by atoms with Crippen LogP contribution in [0.3, 0.4) is 0 Å². The van der Waals surface area contributed by atoms with Gasteiger partial charge in [0.2, 0.25) is 0 Å². The molecule has 6 rings (SSSR count). The van der Waals surface area contributed by atoms with Crippen LogP contribution in [0.25, 0.3) is 33.3 Å². The fourth-order valence-electron chi connectivity index (χ4n) is 5.50. The van der Waals surface area contributed by atoms with E-state index in [9.17, 15) is 14.3 Å². The molecule has 3 aromatic heterocycles. The van der Waals surface area contributed by atoms with Gasteiger partial charge in [-0.05, 0) is 54.2 Å². The number of halogens is 2. The van der Waals surface area contributed by atoms with Crippen molar-refractivity contribution in [1.29, 1.82) is 0 Å². The Bertz CT molecular complexity index is 1810. The summed E-state index contributed by atoms with van der Waals surface area (Å²) in [5, 5.41) is 14.5. The van der Waals surface area contributed by atoms with Gasteiger partial charge in [-0.1, -0.05) is 18.2 Å². The first-order valence-corrected chi connectivity index (χ1v) is 13.7. The molecule has 0 radical (unpaired) electrons. The average molecular weight is 573 g/mol. The third-order valence-corrected chi connectivity index (χ3v) is 7.72. The molecular weight excluding hydrogens is 542 g/mol. The van der Waals surface area contributed by atoms with Crippen LogP contribution in [0.2, 0.25) is 0 Å². The molecule has 9 nitrogen and oxygen atoms in total. The SMILES string of the molecule is Cn1cc(-c2ccc(NC(O)c3cn(CC4CCOCC4)cc(-c4ccc(F)cc4)c3=O)c(F)c2)c2c(N)ncnc21. The number of benzene rings is 2. The number of fused-ring (bicyclic) bond motifs is 1. The van der Waals surface area contributed by atoms with E-state index in [1.807, 2.05) is 11.6 Å². The van der Waals surface area contributed by atoms with Crippen molar-refractivity contribution in [3.63, 3.8) is 0 Å². The molecule has 0 saturated carbocycles. The van der Waals surface area contributed by atoms with E-state index in [0.717, 1.165) is 12.8 Å². The normalized spacial score (nSPS) is 14.8. The van der Waals surface area contributed by atoms with Gasteiger partial charge in [-0.2, -0.15) is 0 Å². The van der Waals surface area contributed by atoms with Crippen LogP contribution in [0.1, 0.15) is 24.6 Å².